The van der Waals surface area contributed by atoms with Crippen LogP contribution in [0.2, 0.25) is 5.02 Å². The first-order chi connectivity index (χ1) is 8.49. The summed E-state index contributed by atoms with van der Waals surface area (Å²) in [6.07, 6.45) is 6.56. The average Bonchev–Trinajstić information content (AvgIpc) is 2.28. The molecule has 100 valence electrons. The monoisotopic (exact) mass is 328 g/mol. The van der Waals surface area contributed by atoms with E-state index in [4.69, 9.17) is 11.6 Å². The highest BCUT2D eigenvalue weighted by molar-refractivity contribution is 9.09. The van der Waals surface area contributed by atoms with Crippen molar-refractivity contribution in [3.63, 3.8) is 0 Å². The molecule has 0 saturated heterocycles. The molecule has 2 unspecified atom stereocenters. The molecule has 1 aromatic carbocycles. The molecule has 0 N–H and O–H groups in total. The smallest absolute Gasteiger partial charge is 0.0408 e. The van der Waals surface area contributed by atoms with E-state index in [-0.39, 0.29) is 0 Å². The quantitative estimate of drug-likeness (QED) is 0.609. The van der Waals surface area contributed by atoms with Crippen LogP contribution in [0.25, 0.3) is 0 Å². The van der Waals surface area contributed by atoms with Gasteiger partial charge in [-0.1, -0.05) is 66.4 Å². The minimum atomic E-state index is 0.463. The van der Waals surface area contributed by atoms with E-state index in [1.165, 1.54) is 31.2 Å². The largest absolute Gasteiger partial charge is 0.0884 e. The van der Waals surface area contributed by atoms with Crippen LogP contribution in [0.4, 0.5) is 0 Å². The minimum Gasteiger partial charge on any atom is -0.0884 e. The van der Waals surface area contributed by atoms with E-state index in [2.05, 4.69) is 41.9 Å². The number of hydrogen-bond acceptors (Lipinski definition) is 0. The Labute approximate surface area is 124 Å². The van der Waals surface area contributed by atoms with E-state index in [0.717, 1.165) is 17.4 Å². The summed E-state index contributed by atoms with van der Waals surface area (Å²) in [5, 5.41) is 0.843. The van der Waals surface area contributed by atoms with Gasteiger partial charge in [0.15, 0.2) is 0 Å². The maximum absolute atomic E-state index is 6.05. The highest BCUT2D eigenvalue weighted by Crippen LogP contribution is 2.45. The Kier molecular flexibility index (Phi) is 4.77. The molecule has 0 nitrogen and oxygen atoms in total. The van der Waals surface area contributed by atoms with Gasteiger partial charge in [0.25, 0.3) is 0 Å². The van der Waals surface area contributed by atoms with Crippen LogP contribution in [0.1, 0.15) is 45.1 Å². The van der Waals surface area contributed by atoms with E-state index >= 15 is 0 Å². The van der Waals surface area contributed by atoms with Gasteiger partial charge in [-0.3, -0.25) is 0 Å². The zero-order valence-corrected chi connectivity index (χ0v) is 13.6. The maximum Gasteiger partial charge on any atom is 0.0408 e. The molecular weight excluding hydrogens is 308 g/mol. The fourth-order valence-electron chi connectivity index (χ4n) is 3.22. The van der Waals surface area contributed by atoms with Crippen molar-refractivity contribution in [3.8, 4) is 0 Å². The topological polar surface area (TPSA) is 0 Å². The third kappa shape index (κ3) is 3.51. The number of alkyl halides is 1. The molecule has 1 aliphatic rings. The van der Waals surface area contributed by atoms with Crippen LogP contribution in [-0.4, -0.2) is 4.83 Å². The van der Waals surface area contributed by atoms with Crippen molar-refractivity contribution < 1.29 is 0 Å². The predicted octanol–water partition coefficient (Wildman–Crippen LogP) is 5.86. The average molecular weight is 330 g/mol. The van der Waals surface area contributed by atoms with Crippen molar-refractivity contribution in [2.45, 2.75) is 50.8 Å². The van der Waals surface area contributed by atoms with Crippen LogP contribution in [0.15, 0.2) is 24.3 Å². The molecule has 0 aliphatic heterocycles. The van der Waals surface area contributed by atoms with Gasteiger partial charge in [0.2, 0.25) is 0 Å². The second kappa shape index (κ2) is 5.96. The zero-order chi connectivity index (χ0) is 13.2. The molecule has 0 aromatic heterocycles. The Bertz CT molecular complexity index is 400. The van der Waals surface area contributed by atoms with Crippen molar-refractivity contribution in [1.82, 2.24) is 0 Å². The number of halogens is 2. The van der Waals surface area contributed by atoms with Crippen molar-refractivity contribution >= 4 is 27.5 Å². The van der Waals surface area contributed by atoms with Crippen LogP contribution in [0, 0.1) is 11.3 Å². The van der Waals surface area contributed by atoms with Crippen LogP contribution in [0.5, 0.6) is 0 Å². The van der Waals surface area contributed by atoms with E-state index in [9.17, 15) is 0 Å². The van der Waals surface area contributed by atoms with Gasteiger partial charge < -0.3 is 0 Å². The van der Waals surface area contributed by atoms with Crippen molar-refractivity contribution in [3.05, 3.63) is 34.9 Å². The Morgan fingerprint density at radius 3 is 2.83 bits per heavy atom. The molecule has 1 saturated carbocycles. The van der Waals surface area contributed by atoms with Gasteiger partial charge in [0.1, 0.15) is 0 Å². The number of benzene rings is 1. The Morgan fingerprint density at radius 2 is 2.17 bits per heavy atom. The van der Waals surface area contributed by atoms with Gasteiger partial charge in [-0.05, 0) is 48.3 Å². The molecule has 1 fully saturated rings. The molecule has 0 spiro atoms. The van der Waals surface area contributed by atoms with E-state index in [1.54, 1.807) is 0 Å². The van der Waals surface area contributed by atoms with E-state index in [0.29, 0.717) is 10.2 Å². The molecule has 2 heteroatoms. The van der Waals surface area contributed by atoms with Gasteiger partial charge >= 0.3 is 0 Å². The molecule has 1 aliphatic carbocycles. The molecule has 0 radical (unpaired) electrons. The molecule has 2 atom stereocenters. The number of rotatable bonds is 3. The molecule has 0 bridgehead atoms. The fraction of sp³-hybridized carbons (Fsp3) is 0.625. The normalized spacial score (nSPS) is 24.8. The minimum absolute atomic E-state index is 0.463. The van der Waals surface area contributed by atoms with Gasteiger partial charge in [-0.15, -0.1) is 0 Å². The highest BCUT2D eigenvalue weighted by Gasteiger charge is 2.36. The third-order valence-corrected chi connectivity index (χ3v) is 5.54. The van der Waals surface area contributed by atoms with Crippen molar-refractivity contribution in [2.75, 3.05) is 0 Å². The zero-order valence-electron chi connectivity index (χ0n) is 11.3. The molecule has 1 aromatic rings. The van der Waals surface area contributed by atoms with Crippen molar-refractivity contribution in [1.29, 1.82) is 0 Å². The Hall–Kier alpha value is -0.0100. The van der Waals surface area contributed by atoms with Crippen LogP contribution in [0.3, 0.4) is 0 Å². The first kappa shape index (κ1) is 14.4. The van der Waals surface area contributed by atoms with Gasteiger partial charge in [-0.2, -0.15) is 0 Å². The SMILES string of the molecule is CC1(C)CCCCC1C(Br)Cc1cccc(Cl)c1. The summed E-state index contributed by atoms with van der Waals surface area (Å²) in [6.45, 7) is 4.84. The number of hydrogen-bond donors (Lipinski definition) is 0. The maximum atomic E-state index is 6.05. The summed E-state index contributed by atoms with van der Waals surface area (Å²) < 4.78 is 0. The second-order valence-corrected chi connectivity index (χ2v) is 7.80. The van der Waals surface area contributed by atoms with E-state index in [1.807, 2.05) is 12.1 Å². The summed E-state index contributed by atoms with van der Waals surface area (Å²) in [6, 6.07) is 8.25. The summed E-state index contributed by atoms with van der Waals surface area (Å²) in [5.41, 5.74) is 1.80. The summed E-state index contributed by atoms with van der Waals surface area (Å²) in [7, 11) is 0. The second-order valence-electron chi connectivity index (χ2n) is 6.19. The lowest BCUT2D eigenvalue weighted by atomic mass is 9.67. The standard InChI is InChI=1S/C16H22BrCl/c1-16(2)9-4-3-8-14(16)15(17)11-12-6-5-7-13(18)10-12/h5-7,10,14-15H,3-4,8-9,11H2,1-2H3. The Morgan fingerprint density at radius 1 is 1.39 bits per heavy atom. The molecule has 2 rings (SSSR count). The first-order valence-corrected chi connectivity index (χ1v) is 8.17. The van der Waals surface area contributed by atoms with Crippen molar-refractivity contribution in [2.24, 2.45) is 11.3 Å². The van der Waals surface area contributed by atoms with Gasteiger partial charge in [-0.25, -0.2) is 0 Å². The lowest BCUT2D eigenvalue weighted by molar-refractivity contribution is 0.136. The van der Waals surface area contributed by atoms with Crippen LogP contribution >= 0.6 is 27.5 Å². The first-order valence-electron chi connectivity index (χ1n) is 6.87. The summed E-state index contributed by atoms with van der Waals surface area (Å²) in [5.74, 6) is 0.769. The summed E-state index contributed by atoms with van der Waals surface area (Å²) >= 11 is 9.99. The molecular formula is C16H22BrCl. The predicted molar refractivity (Wildman–Crippen MR) is 83.6 cm³/mol. The lowest BCUT2D eigenvalue weighted by Gasteiger charge is -2.41. The highest BCUT2D eigenvalue weighted by atomic mass is 79.9. The third-order valence-electron chi connectivity index (χ3n) is 4.35. The molecule has 0 heterocycles. The van der Waals surface area contributed by atoms with E-state index < -0.39 is 0 Å². The Balaban J connectivity index is 2.05. The fourth-order valence-corrected chi connectivity index (χ4v) is 4.79. The van der Waals surface area contributed by atoms with Crippen LogP contribution in [-0.2, 0) is 6.42 Å². The van der Waals surface area contributed by atoms with Gasteiger partial charge in [0, 0.05) is 9.85 Å². The summed E-state index contributed by atoms with van der Waals surface area (Å²) in [4.78, 5) is 0.561. The molecule has 18 heavy (non-hydrogen) atoms. The molecule has 0 amide bonds. The lowest BCUT2D eigenvalue weighted by Crippen LogP contribution is -2.35. The van der Waals surface area contributed by atoms with Gasteiger partial charge in [0.05, 0.1) is 0 Å². The van der Waals surface area contributed by atoms with Crippen LogP contribution < -0.4 is 0 Å².